The van der Waals surface area contributed by atoms with Gasteiger partial charge in [-0.3, -0.25) is 19.4 Å². The number of ketones is 1. The SMILES string of the molecule is CC[C@H]1OC(=O)[C@H](C)[C@H](OC(=O)CCc2ccccn2)[C@@H](C)[C@@H](OC2O[C@H](C)C[C@H](N(C)C)[C@H]2O)[C@](C)(OC)C[C@@H](C)C(=O)[C@H](C)[C@@H]2N(CCCCNc3ncccn3)C(=O)O[C@@]21C. The molecule has 0 spiro atoms. The smallest absolute Gasteiger partial charge is 0.410 e. The monoisotopic (exact) mass is 897 g/mol. The van der Waals surface area contributed by atoms with Crippen molar-refractivity contribution in [1.29, 1.82) is 0 Å². The molecule has 0 saturated carbocycles. The van der Waals surface area contributed by atoms with Crippen molar-refractivity contribution in [3.8, 4) is 0 Å². The van der Waals surface area contributed by atoms with Crippen LogP contribution >= 0.6 is 0 Å². The van der Waals surface area contributed by atoms with Crippen molar-refractivity contribution in [2.45, 2.75) is 160 Å². The van der Waals surface area contributed by atoms with Gasteiger partial charge in [-0.2, -0.15) is 0 Å². The largest absolute Gasteiger partial charge is 0.461 e. The number of methoxy groups -OCH3 is 1. The van der Waals surface area contributed by atoms with Crippen LogP contribution in [0.1, 0.15) is 99.6 Å². The lowest BCUT2D eigenvalue weighted by molar-refractivity contribution is -0.301. The minimum absolute atomic E-state index is 0.0236. The number of aromatic nitrogens is 3. The van der Waals surface area contributed by atoms with Crippen molar-refractivity contribution in [3.63, 3.8) is 0 Å². The molecular formula is C47H72N6O11. The van der Waals surface area contributed by atoms with Crippen molar-refractivity contribution in [3.05, 3.63) is 48.5 Å². The van der Waals surface area contributed by atoms with Crippen LogP contribution in [-0.2, 0) is 49.2 Å². The van der Waals surface area contributed by atoms with E-state index in [9.17, 15) is 24.3 Å². The molecule has 2 aromatic heterocycles. The number of unbranched alkanes of at least 4 members (excludes halogenated alkanes) is 1. The predicted octanol–water partition coefficient (Wildman–Crippen LogP) is 5.24. The molecular weight excluding hydrogens is 825 g/mol. The molecule has 5 heterocycles. The number of Topliss-reactive ketones (excluding diaryl/α,β-unsaturated/α-hetero) is 1. The third kappa shape index (κ3) is 11.7. The van der Waals surface area contributed by atoms with Crippen LogP contribution < -0.4 is 5.32 Å². The van der Waals surface area contributed by atoms with Crippen LogP contribution in [0.25, 0.3) is 0 Å². The second kappa shape index (κ2) is 22.3. The third-order valence-electron chi connectivity index (χ3n) is 13.6. The maximum atomic E-state index is 14.9. The normalized spacial score (nSPS) is 35.3. The lowest BCUT2D eigenvalue weighted by atomic mass is 9.73. The molecule has 0 aromatic carbocycles. The fourth-order valence-electron chi connectivity index (χ4n) is 10.0. The molecule has 17 heteroatoms. The van der Waals surface area contributed by atoms with Gasteiger partial charge in [-0.05, 0) is 92.1 Å². The standard InChI is InChI=1S/C47H72N6O11/c1-12-35-47(8)40(53(45(58)64-47)25-16-15-22-49-44-50-23-17-24-51-44)30(4)37(55)28(2)27-46(7,59-11)41(63-43-38(56)34(52(9)10)26-29(3)60-43)31(5)39(32(6)42(57)61-35)62-36(54)20-19-33-18-13-14-21-48-33/h13-14,17-18,21,23-24,28-32,34-35,38-41,43,56H,12,15-16,19-20,22,25-27H2,1-11H3,(H,49,50,51)/t28-,29-,30+,31-,32-,34+,35-,38-,39-,40+,41-,43?,46-,47-/m1/s1. The molecule has 2 N–H and O–H groups in total. The Morgan fingerprint density at radius 1 is 1.00 bits per heavy atom. The second-order valence-electron chi connectivity index (χ2n) is 18.6. The average Bonchev–Trinajstić information content (AvgIpc) is 3.54. The summed E-state index contributed by atoms with van der Waals surface area (Å²) < 4.78 is 38.5. The number of rotatable bonds is 15. The van der Waals surface area contributed by atoms with Gasteiger partial charge < -0.3 is 48.6 Å². The van der Waals surface area contributed by atoms with Gasteiger partial charge in [0.2, 0.25) is 5.95 Å². The molecule has 1 unspecified atom stereocenters. The van der Waals surface area contributed by atoms with Gasteiger partial charge >= 0.3 is 18.0 Å². The van der Waals surface area contributed by atoms with E-state index in [1.807, 2.05) is 58.8 Å². The van der Waals surface area contributed by atoms with Gasteiger partial charge in [0.15, 0.2) is 11.9 Å². The predicted molar refractivity (Wildman–Crippen MR) is 237 cm³/mol. The first-order chi connectivity index (χ1) is 30.3. The number of aryl methyl sites for hydroxylation is 1. The summed E-state index contributed by atoms with van der Waals surface area (Å²) >= 11 is 0. The molecule has 1 amide bonds. The first-order valence-electron chi connectivity index (χ1n) is 22.9. The van der Waals surface area contributed by atoms with Crippen molar-refractivity contribution in [1.82, 2.24) is 24.8 Å². The average molecular weight is 897 g/mol. The number of likely N-dealkylation sites (N-methyl/N-ethyl adjacent to an activating group) is 1. The minimum atomic E-state index is -1.43. The number of nitrogens with zero attached hydrogens (tertiary/aromatic N) is 5. The first-order valence-corrected chi connectivity index (χ1v) is 22.9. The van der Waals surface area contributed by atoms with Gasteiger partial charge in [0.25, 0.3) is 0 Å². The van der Waals surface area contributed by atoms with Gasteiger partial charge in [-0.1, -0.05) is 33.8 Å². The number of cyclic esters (lactones) is 1. The number of anilines is 1. The second-order valence-corrected chi connectivity index (χ2v) is 18.6. The molecule has 0 bridgehead atoms. The van der Waals surface area contributed by atoms with Crippen LogP contribution in [0.2, 0.25) is 0 Å². The number of pyridine rings is 1. The molecule has 0 radical (unpaired) electrons. The molecule has 14 atom stereocenters. The van der Waals surface area contributed by atoms with Crippen molar-refractivity contribution in [2.75, 3.05) is 39.6 Å². The Morgan fingerprint density at radius 2 is 1.70 bits per heavy atom. The summed E-state index contributed by atoms with van der Waals surface area (Å²) in [5, 5.41) is 14.9. The number of amides is 1. The van der Waals surface area contributed by atoms with Crippen LogP contribution in [0.4, 0.5) is 10.7 Å². The van der Waals surface area contributed by atoms with E-state index in [2.05, 4.69) is 20.3 Å². The van der Waals surface area contributed by atoms with Gasteiger partial charge in [-0.25, -0.2) is 14.8 Å². The zero-order chi connectivity index (χ0) is 46.9. The lowest BCUT2D eigenvalue weighted by Gasteiger charge is -2.48. The third-order valence-corrected chi connectivity index (χ3v) is 13.6. The summed E-state index contributed by atoms with van der Waals surface area (Å²) in [4.78, 5) is 73.7. The summed E-state index contributed by atoms with van der Waals surface area (Å²) in [5.74, 6) is -4.23. The van der Waals surface area contributed by atoms with Crippen LogP contribution in [0.3, 0.4) is 0 Å². The molecule has 2 aromatic rings. The zero-order valence-corrected chi connectivity index (χ0v) is 39.6. The molecule has 356 valence electrons. The summed E-state index contributed by atoms with van der Waals surface area (Å²) in [5.41, 5.74) is -2.02. The molecule has 5 rings (SSSR count). The van der Waals surface area contributed by atoms with Crippen LogP contribution in [0.15, 0.2) is 42.9 Å². The van der Waals surface area contributed by atoms with Crippen molar-refractivity contribution in [2.24, 2.45) is 23.7 Å². The highest BCUT2D eigenvalue weighted by atomic mass is 16.7. The van der Waals surface area contributed by atoms with E-state index in [0.717, 1.165) is 0 Å². The van der Waals surface area contributed by atoms with Crippen LogP contribution in [-0.4, -0.2) is 148 Å². The first kappa shape index (κ1) is 50.7. The summed E-state index contributed by atoms with van der Waals surface area (Å²) in [6, 6.07) is 6.07. The Labute approximate surface area is 378 Å². The maximum absolute atomic E-state index is 14.9. The molecule has 0 aliphatic carbocycles. The van der Waals surface area contributed by atoms with E-state index >= 15 is 0 Å². The molecule has 64 heavy (non-hydrogen) atoms. The van der Waals surface area contributed by atoms with Crippen molar-refractivity contribution < 1.29 is 52.7 Å². The lowest BCUT2D eigenvalue weighted by Crippen LogP contribution is -2.61. The highest BCUT2D eigenvalue weighted by Crippen LogP contribution is 2.44. The highest BCUT2D eigenvalue weighted by Gasteiger charge is 2.60. The number of hydrogen-bond donors (Lipinski definition) is 2. The van der Waals surface area contributed by atoms with Crippen molar-refractivity contribution >= 4 is 29.8 Å². The number of carbonyl (C=O) groups excluding carboxylic acids is 4. The van der Waals surface area contributed by atoms with E-state index in [0.29, 0.717) is 43.9 Å². The Bertz CT molecular complexity index is 1850. The van der Waals surface area contributed by atoms with Gasteiger partial charge in [-0.15, -0.1) is 0 Å². The van der Waals surface area contributed by atoms with Crippen LogP contribution in [0, 0.1) is 23.7 Å². The number of carbonyl (C=O) groups is 4. The van der Waals surface area contributed by atoms with Gasteiger partial charge in [0.1, 0.15) is 24.1 Å². The van der Waals surface area contributed by atoms with Gasteiger partial charge in [0.05, 0.1) is 36.2 Å². The Kier molecular flexibility index (Phi) is 17.6. The number of hydrogen-bond acceptors (Lipinski definition) is 16. The van der Waals surface area contributed by atoms with E-state index in [4.69, 9.17) is 28.4 Å². The number of fused-ring (bicyclic) bond motifs is 1. The summed E-state index contributed by atoms with van der Waals surface area (Å²) in [6.45, 7) is 15.2. The Balaban J connectivity index is 1.53. The molecule has 3 saturated heterocycles. The van der Waals surface area contributed by atoms with E-state index in [-0.39, 0.29) is 43.7 Å². The number of aliphatic hydroxyl groups is 1. The fourth-order valence-corrected chi connectivity index (χ4v) is 10.0. The number of esters is 2. The van der Waals surface area contributed by atoms with Gasteiger partial charge in [0, 0.05) is 74.7 Å². The molecule has 3 aliphatic heterocycles. The van der Waals surface area contributed by atoms with E-state index < -0.39 is 89.7 Å². The zero-order valence-electron chi connectivity index (χ0n) is 39.6. The molecule has 3 fully saturated rings. The topological polar surface area (TPSA) is 201 Å². The number of nitrogens with one attached hydrogen (secondary N) is 1. The fraction of sp³-hybridized carbons (Fsp3) is 0.723. The Hall–Kier alpha value is -4.29. The molecule has 17 nitrogen and oxygen atoms in total. The summed E-state index contributed by atoms with van der Waals surface area (Å²) in [6.07, 6.45) is 1.14. The number of ether oxygens (including phenoxy) is 6. The summed E-state index contributed by atoms with van der Waals surface area (Å²) in [7, 11) is 5.28. The highest BCUT2D eigenvalue weighted by molar-refractivity contribution is 5.85. The molecule has 3 aliphatic rings. The van der Waals surface area contributed by atoms with E-state index in [1.165, 1.54) is 7.11 Å². The maximum Gasteiger partial charge on any atom is 0.410 e. The van der Waals surface area contributed by atoms with Crippen LogP contribution in [0.5, 0.6) is 0 Å². The minimum Gasteiger partial charge on any atom is -0.461 e. The quantitative estimate of drug-likeness (QED) is 0.133. The number of aliphatic hydroxyl groups excluding tert-OH is 1. The van der Waals surface area contributed by atoms with E-state index in [1.54, 1.807) is 63.3 Å². The Morgan fingerprint density at radius 3 is 2.34 bits per heavy atom.